The van der Waals surface area contributed by atoms with Crippen LogP contribution < -0.4 is 0 Å². The van der Waals surface area contributed by atoms with Crippen LogP contribution in [-0.2, 0) is 0 Å². The number of allylic oxidation sites excluding steroid dienone is 3. The largest absolute Gasteiger partial charge is 0.386 e. The van der Waals surface area contributed by atoms with E-state index in [2.05, 4.69) is 33.4 Å². The van der Waals surface area contributed by atoms with E-state index in [1.165, 1.54) is 30.4 Å². The molecule has 0 heterocycles. The van der Waals surface area contributed by atoms with Gasteiger partial charge in [0.05, 0.1) is 5.60 Å². The molecular weight excluding hydrogens is 208 g/mol. The van der Waals surface area contributed by atoms with Gasteiger partial charge in [-0.1, -0.05) is 37.6 Å². The highest BCUT2D eigenvalue weighted by molar-refractivity contribution is 5.33. The number of aliphatic hydroxyl groups is 1. The molecule has 0 fully saturated rings. The van der Waals surface area contributed by atoms with Crippen molar-refractivity contribution < 1.29 is 5.11 Å². The summed E-state index contributed by atoms with van der Waals surface area (Å²) in [5, 5.41) is 10.1. The molecule has 0 saturated carbocycles. The zero-order valence-corrected chi connectivity index (χ0v) is 11.7. The van der Waals surface area contributed by atoms with Crippen molar-refractivity contribution >= 4 is 0 Å². The predicted molar refractivity (Wildman–Crippen MR) is 74.9 cm³/mol. The van der Waals surface area contributed by atoms with Crippen LogP contribution in [0.4, 0.5) is 0 Å². The third kappa shape index (κ3) is 3.85. The summed E-state index contributed by atoms with van der Waals surface area (Å²) in [5.74, 6) is 0. The molecule has 0 saturated heterocycles. The van der Waals surface area contributed by atoms with Gasteiger partial charge >= 0.3 is 0 Å². The Kier molecular flexibility index (Phi) is 4.37. The Morgan fingerprint density at radius 1 is 1.47 bits per heavy atom. The maximum absolute atomic E-state index is 10.1. The van der Waals surface area contributed by atoms with Gasteiger partial charge in [0.1, 0.15) is 0 Å². The van der Waals surface area contributed by atoms with Crippen LogP contribution in [-0.4, -0.2) is 10.7 Å². The molecule has 0 aliphatic heterocycles. The zero-order valence-electron chi connectivity index (χ0n) is 11.7. The Labute approximate surface area is 106 Å². The Bertz CT molecular complexity index is 343. The van der Waals surface area contributed by atoms with Crippen LogP contribution in [0, 0.1) is 5.41 Å². The molecule has 1 aliphatic carbocycles. The molecule has 0 aromatic rings. The summed E-state index contributed by atoms with van der Waals surface area (Å²) in [6.07, 6.45) is 10.1. The molecule has 0 aromatic heterocycles. The Balaban J connectivity index is 2.92. The molecule has 1 unspecified atom stereocenters. The standard InChI is InChI=1S/C16H26O/c1-6-10-16(5,17)12-9-14-13(2)8-7-11-15(14,3)4/h6,9,12,17H,1,7-8,10-11H2,2-5H3/b12-9+. The van der Waals surface area contributed by atoms with E-state index >= 15 is 0 Å². The summed E-state index contributed by atoms with van der Waals surface area (Å²) in [6, 6.07) is 0. The highest BCUT2D eigenvalue weighted by Gasteiger charge is 2.27. The van der Waals surface area contributed by atoms with Crippen molar-refractivity contribution in [2.45, 2.75) is 59.0 Å². The molecule has 1 heteroatoms. The molecular formula is C16H26O. The van der Waals surface area contributed by atoms with Crippen LogP contribution >= 0.6 is 0 Å². The summed E-state index contributed by atoms with van der Waals surface area (Å²) in [5.41, 5.74) is 2.33. The normalized spacial score (nSPS) is 23.8. The molecule has 1 nitrogen and oxygen atoms in total. The van der Waals surface area contributed by atoms with Gasteiger partial charge < -0.3 is 5.11 Å². The predicted octanol–water partition coefficient (Wildman–Crippen LogP) is 4.40. The molecule has 96 valence electrons. The first-order chi connectivity index (χ1) is 7.78. The molecule has 17 heavy (non-hydrogen) atoms. The van der Waals surface area contributed by atoms with Crippen molar-refractivity contribution in [3.63, 3.8) is 0 Å². The van der Waals surface area contributed by atoms with E-state index < -0.39 is 5.60 Å². The molecule has 0 spiro atoms. The maximum Gasteiger partial charge on any atom is 0.0836 e. The average molecular weight is 234 g/mol. The van der Waals surface area contributed by atoms with Crippen molar-refractivity contribution in [3.8, 4) is 0 Å². The van der Waals surface area contributed by atoms with Crippen LogP contribution in [0.1, 0.15) is 53.4 Å². The van der Waals surface area contributed by atoms with Crippen LogP contribution in [0.2, 0.25) is 0 Å². The fraction of sp³-hybridized carbons (Fsp3) is 0.625. The van der Waals surface area contributed by atoms with Gasteiger partial charge in [-0.2, -0.15) is 0 Å². The first kappa shape index (κ1) is 14.2. The first-order valence-corrected chi connectivity index (χ1v) is 6.51. The maximum atomic E-state index is 10.1. The molecule has 1 aliphatic rings. The Hall–Kier alpha value is -0.820. The third-order valence-corrected chi connectivity index (χ3v) is 3.71. The van der Waals surface area contributed by atoms with E-state index in [4.69, 9.17) is 0 Å². The minimum absolute atomic E-state index is 0.239. The summed E-state index contributed by atoms with van der Waals surface area (Å²) in [7, 11) is 0. The van der Waals surface area contributed by atoms with Gasteiger partial charge in [0.25, 0.3) is 0 Å². The summed E-state index contributed by atoms with van der Waals surface area (Å²) < 4.78 is 0. The Morgan fingerprint density at radius 2 is 2.12 bits per heavy atom. The smallest absolute Gasteiger partial charge is 0.0836 e. The molecule has 1 rings (SSSR count). The van der Waals surface area contributed by atoms with E-state index in [0.29, 0.717) is 6.42 Å². The van der Waals surface area contributed by atoms with Crippen molar-refractivity contribution in [2.75, 3.05) is 0 Å². The lowest BCUT2D eigenvalue weighted by atomic mass is 9.72. The highest BCUT2D eigenvalue weighted by atomic mass is 16.3. The van der Waals surface area contributed by atoms with Crippen molar-refractivity contribution in [3.05, 3.63) is 36.0 Å². The topological polar surface area (TPSA) is 20.2 Å². The summed E-state index contributed by atoms with van der Waals surface area (Å²) in [4.78, 5) is 0. The van der Waals surface area contributed by atoms with Gasteiger partial charge in [-0.05, 0) is 50.5 Å². The van der Waals surface area contributed by atoms with E-state index in [1.54, 1.807) is 6.08 Å². The Morgan fingerprint density at radius 3 is 2.65 bits per heavy atom. The van der Waals surface area contributed by atoms with Gasteiger partial charge in [-0.3, -0.25) is 0 Å². The van der Waals surface area contributed by atoms with E-state index in [-0.39, 0.29) is 5.41 Å². The van der Waals surface area contributed by atoms with E-state index in [9.17, 15) is 5.11 Å². The number of rotatable bonds is 4. The van der Waals surface area contributed by atoms with Gasteiger partial charge in [0.2, 0.25) is 0 Å². The monoisotopic (exact) mass is 234 g/mol. The highest BCUT2D eigenvalue weighted by Crippen LogP contribution is 2.40. The van der Waals surface area contributed by atoms with Crippen molar-refractivity contribution in [1.29, 1.82) is 0 Å². The summed E-state index contributed by atoms with van der Waals surface area (Å²) in [6.45, 7) is 12.3. The first-order valence-electron chi connectivity index (χ1n) is 6.51. The zero-order chi connectivity index (χ0) is 13.1. The number of hydrogen-bond donors (Lipinski definition) is 1. The van der Waals surface area contributed by atoms with E-state index in [1.807, 2.05) is 13.0 Å². The lowest BCUT2D eigenvalue weighted by Gasteiger charge is -2.33. The minimum Gasteiger partial charge on any atom is -0.386 e. The summed E-state index contributed by atoms with van der Waals surface area (Å²) >= 11 is 0. The SMILES string of the molecule is C=CCC(C)(O)/C=C/C1=C(C)CCCC1(C)C. The fourth-order valence-electron chi connectivity index (χ4n) is 2.63. The second kappa shape index (κ2) is 5.22. The van der Waals surface area contributed by atoms with Crippen molar-refractivity contribution in [2.24, 2.45) is 5.41 Å². The second-order valence-corrected chi connectivity index (χ2v) is 6.11. The van der Waals surface area contributed by atoms with Crippen molar-refractivity contribution in [1.82, 2.24) is 0 Å². The van der Waals surface area contributed by atoms with Gasteiger partial charge in [0.15, 0.2) is 0 Å². The number of hydrogen-bond acceptors (Lipinski definition) is 1. The van der Waals surface area contributed by atoms with Crippen LogP contribution in [0.15, 0.2) is 36.0 Å². The molecule has 1 N–H and O–H groups in total. The van der Waals surface area contributed by atoms with E-state index in [0.717, 1.165) is 0 Å². The second-order valence-electron chi connectivity index (χ2n) is 6.11. The van der Waals surface area contributed by atoms with Gasteiger partial charge in [0, 0.05) is 0 Å². The molecule has 0 bridgehead atoms. The molecule has 0 aromatic carbocycles. The third-order valence-electron chi connectivity index (χ3n) is 3.71. The lowest BCUT2D eigenvalue weighted by Crippen LogP contribution is -2.22. The van der Waals surface area contributed by atoms with Gasteiger partial charge in [-0.15, -0.1) is 6.58 Å². The lowest BCUT2D eigenvalue weighted by molar-refractivity contribution is 0.115. The molecule has 1 atom stereocenters. The fourth-order valence-corrected chi connectivity index (χ4v) is 2.63. The van der Waals surface area contributed by atoms with Gasteiger partial charge in [-0.25, -0.2) is 0 Å². The molecule has 0 amide bonds. The molecule has 0 radical (unpaired) electrons. The minimum atomic E-state index is -0.775. The van der Waals surface area contributed by atoms with Crippen LogP contribution in [0.25, 0.3) is 0 Å². The van der Waals surface area contributed by atoms with Crippen LogP contribution in [0.3, 0.4) is 0 Å². The average Bonchev–Trinajstić information content (AvgIpc) is 2.15. The van der Waals surface area contributed by atoms with Crippen LogP contribution in [0.5, 0.6) is 0 Å². The quantitative estimate of drug-likeness (QED) is 0.715.